The van der Waals surface area contributed by atoms with Gasteiger partial charge >= 0.3 is 5.97 Å². The van der Waals surface area contributed by atoms with Crippen molar-refractivity contribution in [2.75, 3.05) is 33.3 Å². The minimum Gasteiger partial charge on any atom is -0.466 e. The van der Waals surface area contributed by atoms with E-state index in [1.165, 1.54) is 12.8 Å². The summed E-state index contributed by atoms with van der Waals surface area (Å²) in [5, 5.41) is 6.36. The number of aliphatic imine (C=N–C) groups is 1. The van der Waals surface area contributed by atoms with Crippen LogP contribution in [0.2, 0.25) is 0 Å². The third-order valence-electron chi connectivity index (χ3n) is 4.98. The molecule has 0 spiro atoms. The number of likely N-dealkylation sites (tertiary alicyclic amines) is 1. The largest absolute Gasteiger partial charge is 0.466 e. The van der Waals surface area contributed by atoms with E-state index in [2.05, 4.69) is 20.5 Å². The molecule has 0 radical (unpaired) electrons. The molecule has 2 rings (SSSR count). The third-order valence-corrected chi connectivity index (χ3v) is 4.98. The molecule has 1 aliphatic carbocycles. The highest BCUT2D eigenvalue weighted by molar-refractivity contribution is 5.82. The van der Waals surface area contributed by atoms with Gasteiger partial charge in [0.05, 0.1) is 12.5 Å². The van der Waals surface area contributed by atoms with Gasteiger partial charge in [0.25, 0.3) is 0 Å². The predicted molar refractivity (Wildman–Crippen MR) is 97.3 cm³/mol. The Morgan fingerprint density at radius 1 is 1.16 bits per heavy atom. The van der Waals surface area contributed by atoms with Crippen LogP contribution in [-0.2, 0) is 14.3 Å². The summed E-state index contributed by atoms with van der Waals surface area (Å²) in [4.78, 5) is 30.2. The van der Waals surface area contributed by atoms with E-state index >= 15 is 0 Å². The SMILES string of the molecule is CCOC(=O)C1CCN(C(=NC)NCCC(=O)NC2CCCC2)CC1. The van der Waals surface area contributed by atoms with Crippen LogP contribution in [0, 0.1) is 5.92 Å². The molecule has 0 atom stereocenters. The Bertz CT molecular complexity index is 467. The summed E-state index contributed by atoms with van der Waals surface area (Å²) in [7, 11) is 1.75. The number of nitrogens with one attached hydrogen (secondary N) is 2. The molecule has 0 bridgehead atoms. The van der Waals surface area contributed by atoms with E-state index in [1.54, 1.807) is 7.05 Å². The number of amides is 1. The summed E-state index contributed by atoms with van der Waals surface area (Å²) in [5.41, 5.74) is 0. The van der Waals surface area contributed by atoms with E-state index < -0.39 is 0 Å². The number of hydrogen-bond donors (Lipinski definition) is 2. The van der Waals surface area contributed by atoms with Gasteiger partial charge in [-0.2, -0.15) is 0 Å². The monoisotopic (exact) mass is 352 g/mol. The number of guanidine groups is 1. The molecule has 0 unspecified atom stereocenters. The first-order valence-electron chi connectivity index (χ1n) is 9.55. The number of rotatable bonds is 6. The molecule has 1 saturated carbocycles. The number of hydrogen-bond acceptors (Lipinski definition) is 4. The lowest BCUT2D eigenvalue weighted by atomic mass is 9.97. The molecule has 0 aromatic rings. The zero-order valence-electron chi connectivity index (χ0n) is 15.6. The molecule has 2 aliphatic rings. The summed E-state index contributed by atoms with van der Waals surface area (Å²) in [5.74, 6) is 0.812. The van der Waals surface area contributed by atoms with Crippen molar-refractivity contribution in [3.8, 4) is 0 Å². The number of nitrogens with zero attached hydrogens (tertiary/aromatic N) is 2. The van der Waals surface area contributed by atoms with Crippen LogP contribution in [0.25, 0.3) is 0 Å². The molecule has 0 aromatic heterocycles. The topological polar surface area (TPSA) is 83.0 Å². The van der Waals surface area contributed by atoms with E-state index in [-0.39, 0.29) is 17.8 Å². The van der Waals surface area contributed by atoms with Gasteiger partial charge in [0.1, 0.15) is 0 Å². The second kappa shape index (κ2) is 10.3. The van der Waals surface area contributed by atoms with Crippen LogP contribution in [-0.4, -0.2) is 62.1 Å². The Kier molecular flexibility index (Phi) is 8.01. The molecule has 1 saturated heterocycles. The van der Waals surface area contributed by atoms with Crippen LogP contribution < -0.4 is 10.6 Å². The minimum atomic E-state index is -0.0892. The molecule has 7 nitrogen and oxygen atoms in total. The molecule has 142 valence electrons. The average Bonchev–Trinajstić information content (AvgIpc) is 3.12. The normalized spacial score (nSPS) is 19.8. The number of esters is 1. The standard InChI is InChI=1S/C18H32N4O3/c1-3-25-17(24)14-9-12-22(13-10-14)18(19-2)20-11-8-16(23)21-15-6-4-5-7-15/h14-15H,3-13H2,1-2H3,(H,19,20)(H,21,23). The lowest BCUT2D eigenvalue weighted by Crippen LogP contribution is -2.47. The van der Waals surface area contributed by atoms with Gasteiger partial charge in [0, 0.05) is 39.1 Å². The van der Waals surface area contributed by atoms with Gasteiger partial charge in [0.15, 0.2) is 5.96 Å². The zero-order chi connectivity index (χ0) is 18.1. The molecule has 2 fully saturated rings. The lowest BCUT2D eigenvalue weighted by Gasteiger charge is -2.33. The van der Waals surface area contributed by atoms with Crippen molar-refractivity contribution in [2.24, 2.45) is 10.9 Å². The number of carbonyl (C=O) groups excluding carboxylic acids is 2. The number of piperidine rings is 1. The van der Waals surface area contributed by atoms with E-state index in [1.807, 2.05) is 6.92 Å². The van der Waals surface area contributed by atoms with E-state index in [0.29, 0.717) is 25.6 Å². The molecule has 1 heterocycles. The highest BCUT2D eigenvalue weighted by Crippen LogP contribution is 2.19. The minimum absolute atomic E-state index is 0.00787. The van der Waals surface area contributed by atoms with Crippen LogP contribution >= 0.6 is 0 Å². The van der Waals surface area contributed by atoms with Crippen molar-refractivity contribution in [1.82, 2.24) is 15.5 Å². The quantitative estimate of drug-likeness (QED) is 0.427. The summed E-state index contributed by atoms with van der Waals surface area (Å²) >= 11 is 0. The maximum absolute atomic E-state index is 12.0. The Morgan fingerprint density at radius 3 is 2.44 bits per heavy atom. The molecule has 1 aliphatic heterocycles. The highest BCUT2D eigenvalue weighted by Gasteiger charge is 2.27. The number of carbonyl (C=O) groups is 2. The lowest BCUT2D eigenvalue weighted by molar-refractivity contribution is -0.149. The second-order valence-electron chi connectivity index (χ2n) is 6.79. The summed E-state index contributed by atoms with van der Waals surface area (Å²) in [6, 6.07) is 0.369. The first-order chi connectivity index (χ1) is 12.1. The third kappa shape index (κ3) is 6.21. The van der Waals surface area contributed by atoms with Crippen LogP contribution in [0.1, 0.15) is 51.9 Å². The summed E-state index contributed by atoms with van der Waals surface area (Å²) < 4.78 is 5.10. The Morgan fingerprint density at radius 2 is 1.84 bits per heavy atom. The van der Waals surface area contributed by atoms with Gasteiger partial charge in [0.2, 0.25) is 5.91 Å². The van der Waals surface area contributed by atoms with Crippen LogP contribution in [0.4, 0.5) is 0 Å². The highest BCUT2D eigenvalue weighted by atomic mass is 16.5. The van der Waals surface area contributed by atoms with Crippen molar-refractivity contribution in [3.63, 3.8) is 0 Å². The van der Waals surface area contributed by atoms with Gasteiger partial charge in [-0.3, -0.25) is 14.6 Å². The van der Waals surface area contributed by atoms with Crippen LogP contribution in [0.15, 0.2) is 4.99 Å². The van der Waals surface area contributed by atoms with Gasteiger partial charge < -0.3 is 20.3 Å². The second-order valence-corrected chi connectivity index (χ2v) is 6.79. The fourth-order valence-corrected chi connectivity index (χ4v) is 3.58. The zero-order valence-corrected chi connectivity index (χ0v) is 15.6. The molecule has 25 heavy (non-hydrogen) atoms. The molecule has 1 amide bonds. The Balaban J connectivity index is 1.66. The van der Waals surface area contributed by atoms with Gasteiger partial charge in [-0.05, 0) is 32.6 Å². The smallest absolute Gasteiger partial charge is 0.309 e. The summed E-state index contributed by atoms with van der Waals surface area (Å²) in [6.45, 7) is 4.39. The maximum atomic E-state index is 12.0. The first kappa shape index (κ1) is 19.5. The van der Waals surface area contributed by atoms with E-state index in [4.69, 9.17) is 4.74 Å². The fourth-order valence-electron chi connectivity index (χ4n) is 3.58. The molecular weight excluding hydrogens is 320 g/mol. The molecule has 2 N–H and O–H groups in total. The maximum Gasteiger partial charge on any atom is 0.309 e. The Hall–Kier alpha value is -1.79. The van der Waals surface area contributed by atoms with Crippen LogP contribution in [0.5, 0.6) is 0 Å². The van der Waals surface area contributed by atoms with Gasteiger partial charge in [-0.25, -0.2) is 0 Å². The Labute approximate surface area is 150 Å². The number of ether oxygens (including phenoxy) is 1. The van der Waals surface area contributed by atoms with Crippen molar-refractivity contribution in [1.29, 1.82) is 0 Å². The van der Waals surface area contributed by atoms with Crippen molar-refractivity contribution < 1.29 is 14.3 Å². The van der Waals surface area contributed by atoms with E-state index in [0.717, 1.165) is 44.7 Å². The van der Waals surface area contributed by atoms with Gasteiger partial charge in [-0.1, -0.05) is 12.8 Å². The molecular formula is C18H32N4O3. The van der Waals surface area contributed by atoms with E-state index in [9.17, 15) is 9.59 Å². The average molecular weight is 352 g/mol. The van der Waals surface area contributed by atoms with Crippen LogP contribution in [0.3, 0.4) is 0 Å². The molecule has 7 heteroatoms. The van der Waals surface area contributed by atoms with Crippen molar-refractivity contribution in [2.45, 2.75) is 57.9 Å². The van der Waals surface area contributed by atoms with Crippen molar-refractivity contribution >= 4 is 17.8 Å². The molecule has 0 aromatic carbocycles. The fraction of sp³-hybridized carbons (Fsp3) is 0.833. The predicted octanol–water partition coefficient (Wildman–Crippen LogP) is 1.29. The van der Waals surface area contributed by atoms with Gasteiger partial charge in [-0.15, -0.1) is 0 Å². The van der Waals surface area contributed by atoms with Crippen molar-refractivity contribution in [3.05, 3.63) is 0 Å². The summed E-state index contributed by atoms with van der Waals surface area (Å²) in [6.07, 6.45) is 6.67. The first-order valence-corrected chi connectivity index (χ1v) is 9.55.